The largest absolute Gasteiger partial charge is 0.611 e. The number of aliphatic hydroxyl groups is 1. The zero-order valence-corrected chi connectivity index (χ0v) is 18.8. The molecule has 10 nitrogen and oxygen atoms in total. The van der Waals surface area contributed by atoms with Gasteiger partial charge in [0.05, 0.1) is 25.8 Å². The highest BCUT2D eigenvalue weighted by molar-refractivity contribution is 7.91. The SMILES string of the molecule is CCOC(=O)c1cn2c(n1)CN(c1nc3c(c(N[C@@H](CO)C(C)C)n1)[S+]([O-])CC3)CC2. The summed E-state index contributed by atoms with van der Waals surface area (Å²) in [5.74, 6) is 2.09. The van der Waals surface area contributed by atoms with E-state index in [2.05, 4.69) is 10.3 Å². The molecule has 0 aliphatic carbocycles. The summed E-state index contributed by atoms with van der Waals surface area (Å²) in [6.45, 7) is 7.79. The molecular weight excluding hydrogens is 420 g/mol. The third-order valence-electron chi connectivity index (χ3n) is 5.57. The van der Waals surface area contributed by atoms with E-state index >= 15 is 0 Å². The first-order valence-corrected chi connectivity index (χ1v) is 11.9. The Labute approximate surface area is 184 Å². The van der Waals surface area contributed by atoms with Gasteiger partial charge in [0.2, 0.25) is 10.8 Å². The number of esters is 1. The summed E-state index contributed by atoms with van der Waals surface area (Å²) < 4.78 is 19.6. The maximum Gasteiger partial charge on any atom is 0.358 e. The van der Waals surface area contributed by atoms with Gasteiger partial charge >= 0.3 is 5.97 Å². The van der Waals surface area contributed by atoms with Gasteiger partial charge < -0.3 is 29.2 Å². The molecule has 168 valence electrons. The quantitative estimate of drug-likeness (QED) is 0.470. The number of hydrogen-bond acceptors (Lipinski definition) is 9. The number of nitrogens with one attached hydrogen (secondary N) is 1. The van der Waals surface area contributed by atoms with Crippen LogP contribution >= 0.6 is 0 Å². The average Bonchev–Trinajstić information content (AvgIpc) is 3.35. The summed E-state index contributed by atoms with van der Waals surface area (Å²) in [6, 6.07) is -0.197. The second kappa shape index (κ2) is 9.01. The highest BCUT2D eigenvalue weighted by Crippen LogP contribution is 2.33. The van der Waals surface area contributed by atoms with Crippen molar-refractivity contribution in [2.75, 3.05) is 35.7 Å². The van der Waals surface area contributed by atoms with Crippen molar-refractivity contribution < 1.29 is 19.2 Å². The molecule has 2 aliphatic heterocycles. The van der Waals surface area contributed by atoms with Gasteiger partial charge in [0.25, 0.3) is 0 Å². The molecule has 0 spiro atoms. The lowest BCUT2D eigenvalue weighted by molar-refractivity contribution is 0.0520. The number of carbonyl (C=O) groups is 1. The van der Waals surface area contributed by atoms with Crippen LogP contribution in [0.25, 0.3) is 0 Å². The molecule has 2 atom stereocenters. The van der Waals surface area contributed by atoms with Gasteiger partial charge in [0.15, 0.2) is 11.5 Å². The van der Waals surface area contributed by atoms with E-state index in [4.69, 9.17) is 14.7 Å². The molecule has 0 saturated heterocycles. The molecule has 0 saturated carbocycles. The average molecular weight is 449 g/mol. The van der Waals surface area contributed by atoms with Crippen LogP contribution in [0.2, 0.25) is 0 Å². The smallest absolute Gasteiger partial charge is 0.358 e. The summed E-state index contributed by atoms with van der Waals surface area (Å²) in [6.07, 6.45) is 2.35. The first-order chi connectivity index (χ1) is 14.9. The number of anilines is 2. The van der Waals surface area contributed by atoms with Gasteiger partial charge in [-0.3, -0.25) is 0 Å². The van der Waals surface area contributed by atoms with Crippen LogP contribution in [0.1, 0.15) is 42.8 Å². The molecule has 4 heterocycles. The Bertz CT molecular complexity index is 965. The number of rotatable bonds is 7. The molecule has 0 radical (unpaired) electrons. The maximum absolute atomic E-state index is 12.6. The predicted molar refractivity (Wildman–Crippen MR) is 116 cm³/mol. The minimum absolute atomic E-state index is 0.0454. The molecule has 1 unspecified atom stereocenters. The van der Waals surface area contributed by atoms with Gasteiger partial charge in [-0.1, -0.05) is 13.8 Å². The summed E-state index contributed by atoms with van der Waals surface area (Å²) >= 11 is -1.15. The Morgan fingerprint density at radius 2 is 2.16 bits per heavy atom. The van der Waals surface area contributed by atoms with Gasteiger partial charge in [-0.2, -0.15) is 4.98 Å². The predicted octanol–water partition coefficient (Wildman–Crippen LogP) is 0.962. The highest BCUT2D eigenvalue weighted by Gasteiger charge is 2.34. The fourth-order valence-corrected chi connectivity index (χ4v) is 5.06. The molecule has 0 bridgehead atoms. The number of aliphatic hydroxyl groups excluding tert-OH is 1. The maximum atomic E-state index is 12.6. The number of fused-ring (bicyclic) bond motifs is 2. The molecule has 0 amide bonds. The number of aryl methyl sites for hydroxylation is 1. The Balaban J connectivity index is 1.62. The lowest BCUT2D eigenvalue weighted by Crippen LogP contribution is -2.36. The standard InChI is InChI=1S/C20H28N6O4S/c1-4-30-19(28)14-9-25-6-7-26(10-16(25)21-14)20-23-13-5-8-31(29)17(13)18(24-20)22-15(11-27)12(2)3/h9,12,15,27H,4-8,10-11H2,1-3H3,(H,22,23,24)/t15-,31?/m0/s1. The van der Waals surface area contributed by atoms with E-state index in [0.717, 1.165) is 11.5 Å². The van der Waals surface area contributed by atoms with E-state index < -0.39 is 17.1 Å². The Hall–Kier alpha value is -2.37. The van der Waals surface area contributed by atoms with Crippen molar-refractivity contribution in [2.45, 2.75) is 51.2 Å². The lowest BCUT2D eigenvalue weighted by Gasteiger charge is -2.28. The second-order valence-electron chi connectivity index (χ2n) is 8.00. The monoisotopic (exact) mass is 448 g/mol. The molecule has 2 aromatic rings. The van der Waals surface area contributed by atoms with Crippen LogP contribution < -0.4 is 10.2 Å². The van der Waals surface area contributed by atoms with E-state index in [-0.39, 0.29) is 18.6 Å². The zero-order chi connectivity index (χ0) is 22.1. The van der Waals surface area contributed by atoms with Gasteiger partial charge in [0.1, 0.15) is 17.3 Å². The Kier molecular flexibility index (Phi) is 6.35. The summed E-state index contributed by atoms with van der Waals surface area (Å²) in [7, 11) is 0. The molecule has 2 aromatic heterocycles. The van der Waals surface area contributed by atoms with E-state index in [9.17, 15) is 14.5 Å². The fourth-order valence-electron chi connectivity index (χ4n) is 3.75. The van der Waals surface area contributed by atoms with Gasteiger partial charge in [-0.05, 0) is 24.0 Å². The van der Waals surface area contributed by atoms with Crippen LogP contribution in [-0.2, 0) is 35.4 Å². The molecule has 4 rings (SSSR count). The van der Waals surface area contributed by atoms with E-state index in [1.54, 1.807) is 13.1 Å². The molecule has 31 heavy (non-hydrogen) atoms. The van der Waals surface area contributed by atoms with Crippen molar-refractivity contribution in [1.29, 1.82) is 0 Å². The normalized spacial score (nSPS) is 18.6. The summed E-state index contributed by atoms with van der Waals surface area (Å²) in [4.78, 5) is 28.5. The molecular formula is C20H28N6O4S. The van der Waals surface area contributed by atoms with E-state index in [0.29, 0.717) is 60.8 Å². The van der Waals surface area contributed by atoms with Crippen molar-refractivity contribution in [3.63, 3.8) is 0 Å². The van der Waals surface area contributed by atoms with Crippen molar-refractivity contribution in [2.24, 2.45) is 5.92 Å². The van der Waals surface area contributed by atoms with Crippen molar-refractivity contribution in [3.8, 4) is 0 Å². The van der Waals surface area contributed by atoms with Crippen LogP contribution in [0.5, 0.6) is 0 Å². The molecule has 0 fully saturated rings. The third-order valence-corrected chi connectivity index (χ3v) is 7.03. The van der Waals surface area contributed by atoms with Crippen molar-refractivity contribution in [1.82, 2.24) is 19.5 Å². The summed E-state index contributed by atoms with van der Waals surface area (Å²) in [5.41, 5.74) is 1.08. The third kappa shape index (κ3) is 4.35. The van der Waals surface area contributed by atoms with Crippen LogP contribution in [0.4, 0.5) is 11.8 Å². The molecule has 0 aromatic carbocycles. The fraction of sp³-hybridized carbons (Fsp3) is 0.600. The van der Waals surface area contributed by atoms with Crippen LogP contribution in [0.15, 0.2) is 11.1 Å². The van der Waals surface area contributed by atoms with E-state index in [1.807, 2.05) is 23.3 Å². The second-order valence-corrected chi connectivity index (χ2v) is 9.51. The first-order valence-electron chi connectivity index (χ1n) is 10.6. The molecule has 2 aliphatic rings. The number of nitrogens with zero attached hydrogens (tertiary/aromatic N) is 5. The minimum atomic E-state index is -1.15. The highest BCUT2D eigenvalue weighted by atomic mass is 32.2. The zero-order valence-electron chi connectivity index (χ0n) is 18.0. The van der Waals surface area contributed by atoms with Crippen LogP contribution in [-0.4, -0.2) is 66.7 Å². The summed E-state index contributed by atoms with van der Waals surface area (Å²) in [5, 5.41) is 13.0. The number of ether oxygens (including phenoxy) is 1. The van der Waals surface area contributed by atoms with Gasteiger partial charge in [0, 0.05) is 25.7 Å². The van der Waals surface area contributed by atoms with Crippen molar-refractivity contribution in [3.05, 3.63) is 23.4 Å². The number of carbonyl (C=O) groups excluding carboxylic acids is 1. The number of imidazole rings is 1. The van der Waals surface area contributed by atoms with Gasteiger partial charge in [-0.25, -0.2) is 14.8 Å². The molecule has 2 N–H and O–H groups in total. The van der Waals surface area contributed by atoms with Crippen LogP contribution in [0, 0.1) is 5.92 Å². The van der Waals surface area contributed by atoms with Gasteiger partial charge in [-0.15, -0.1) is 0 Å². The minimum Gasteiger partial charge on any atom is -0.611 e. The Morgan fingerprint density at radius 1 is 1.35 bits per heavy atom. The molecule has 11 heteroatoms. The lowest BCUT2D eigenvalue weighted by atomic mass is 10.1. The Morgan fingerprint density at radius 3 is 2.87 bits per heavy atom. The number of hydrogen-bond donors (Lipinski definition) is 2. The van der Waals surface area contributed by atoms with E-state index in [1.165, 1.54) is 0 Å². The van der Waals surface area contributed by atoms with Crippen LogP contribution in [0.3, 0.4) is 0 Å². The topological polar surface area (TPSA) is 128 Å². The number of aromatic nitrogens is 4. The first kappa shape index (κ1) is 21.8. The van der Waals surface area contributed by atoms with Crippen molar-refractivity contribution >= 4 is 28.9 Å².